The van der Waals surface area contributed by atoms with Crippen molar-refractivity contribution < 1.29 is 13.5 Å². The number of ether oxygens (including phenoxy) is 1. The molecule has 4 nitrogen and oxygen atoms in total. The molecular formula is C28H33F2N3O. The van der Waals surface area contributed by atoms with Crippen LogP contribution in [0, 0.1) is 11.6 Å². The molecule has 1 aliphatic rings. The van der Waals surface area contributed by atoms with E-state index in [1.165, 1.54) is 29.8 Å². The lowest BCUT2D eigenvalue weighted by Gasteiger charge is -2.35. The number of hydrogen-bond donors (Lipinski definition) is 1. The van der Waals surface area contributed by atoms with E-state index >= 15 is 0 Å². The number of piperazine rings is 1. The summed E-state index contributed by atoms with van der Waals surface area (Å²) < 4.78 is 33.0. The second-order valence-electron chi connectivity index (χ2n) is 8.88. The van der Waals surface area contributed by atoms with Crippen LogP contribution < -0.4 is 5.73 Å². The highest BCUT2D eigenvalue weighted by Crippen LogP contribution is 2.26. The number of nitrogens with two attached hydrogens (primary N) is 1. The molecule has 1 fully saturated rings. The first-order valence-electron chi connectivity index (χ1n) is 12.0. The smallest absolute Gasteiger partial charge is 0.123 e. The Bertz CT molecular complexity index is 956. The van der Waals surface area contributed by atoms with Crippen LogP contribution in [0.25, 0.3) is 0 Å². The molecule has 0 amide bonds. The van der Waals surface area contributed by atoms with E-state index in [1.54, 1.807) is 24.3 Å². The molecule has 0 saturated carbocycles. The average molecular weight is 466 g/mol. The van der Waals surface area contributed by atoms with Crippen molar-refractivity contribution >= 4 is 5.69 Å². The Kier molecular flexibility index (Phi) is 8.63. The first-order valence-corrected chi connectivity index (χ1v) is 12.0. The molecule has 34 heavy (non-hydrogen) atoms. The first kappa shape index (κ1) is 24.3. The maximum atomic E-state index is 13.4. The van der Waals surface area contributed by atoms with E-state index in [9.17, 15) is 8.78 Å². The normalized spacial score (nSPS) is 15.1. The van der Waals surface area contributed by atoms with E-state index in [4.69, 9.17) is 10.5 Å². The monoisotopic (exact) mass is 465 g/mol. The molecule has 0 spiro atoms. The molecule has 2 N–H and O–H groups in total. The number of rotatable bonds is 10. The van der Waals surface area contributed by atoms with Crippen LogP contribution in [0.3, 0.4) is 0 Å². The van der Waals surface area contributed by atoms with Gasteiger partial charge in [-0.05, 0) is 72.5 Å². The van der Waals surface area contributed by atoms with Gasteiger partial charge in [0, 0.05) is 38.4 Å². The maximum absolute atomic E-state index is 13.4. The molecular weight excluding hydrogens is 432 g/mol. The van der Waals surface area contributed by atoms with Gasteiger partial charge in [0.25, 0.3) is 0 Å². The highest BCUT2D eigenvalue weighted by atomic mass is 19.1. The van der Waals surface area contributed by atoms with Crippen molar-refractivity contribution in [2.75, 3.05) is 51.6 Å². The Labute approximate surface area is 200 Å². The number of benzene rings is 3. The van der Waals surface area contributed by atoms with E-state index < -0.39 is 0 Å². The molecule has 0 bridgehead atoms. The zero-order valence-corrected chi connectivity index (χ0v) is 19.5. The van der Waals surface area contributed by atoms with Crippen LogP contribution >= 0.6 is 0 Å². The van der Waals surface area contributed by atoms with Crippen LogP contribution in [0.15, 0.2) is 72.8 Å². The third kappa shape index (κ3) is 7.10. The van der Waals surface area contributed by atoms with E-state index in [0.29, 0.717) is 6.61 Å². The Balaban J connectivity index is 1.21. The summed E-state index contributed by atoms with van der Waals surface area (Å²) in [7, 11) is 0. The zero-order chi connectivity index (χ0) is 23.8. The van der Waals surface area contributed by atoms with Crippen LogP contribution in [0.1, 0.15) is 29.2 Å². The predicted octanol–water partition coefficient (Wildman–Crippen LogP) is 4.90. The molecule has 0 unspecified atom stereocenters. The lowest BCUT2D eigenvalue weighted by molar-refractivity contribution is 0.0451. The Hall–Kier alpha value is -2.80. The van der Waals surface area contributed by atoms with Gasteiger partial charge in [0.1, 0.15) is 17.7 Å². The lowest BCUT2D eigenvalue weighted by Crippen LogP contribution is -2.47. The molecule has 1 saturated heterocycles. The molecule has 180 valence electrons. The number of aryl methyl sites for hydroxylation is 1. The van der Waals surface area contributed by atoms with Gasteiger partial charge in [-0.15, -0.1) is 0 Å². The second-order valence-corrected chi connectivity index (χ2v) is 8.88. The van der Waals surface area contributed by atoms with E-state index in [0.717, 1.165) is 68.9 Å². The molecule has 0 radical (unpaired) electrons. The topological polar surface area (TPSA) is 41.7 Å². The van der Waals surface area contributed by atoms with Gasteiger partial charge >= 0.3 is 0 Å². The Morgan fingerprint density at radius 3 is 1.74 bits per heavy atom. The summed E-state index contributed by atoms with van der Waals surface area (Å²) in [6.45, 7) is 6.63. The average Bonchev–Trinajstić information content (AvgIpc) is 2.85. The van der Waals surface area contributed by atoms with Crippen molar-refractivity contribution in [2.45, 2.75) is 18.9 Å². The van der Waals surface area contributed by atoms with Gasteiger partial charge in [-0.25, -0.2) is 8.78 Å². The number of halogens is 2. The predicted molar refractivity (Wildman–Crippen MR) is 133 cm³/mol. The quantitative estimate of drug-likeness (QED) is 0.433. The van der Waals surface area contributed by atoms with Crippen LogP contribution in [-0.2, 0) is 11.2 Å². The minimum Gasteiger partial charge on any atom is -0.399 e. The molecule has 1 heterocycles. The van der Waals surface area contributed by atoms with E-state index in [-0.39, 0.29) is 17.7 Å². The fourth-order valence-electron chi connectivity index (χ4n) is 4.39. The standard InChI is InChI=1S/C28H33F2N3O/c29-25-9-5-23(6-10-25)28(24-7-11-26(30)12-8-24)34-21-20-33-18-16-32(17-19-33)15-1-2-22-3-13-27(31)14-4-22/h3-14,28H,1-2,15-21,31H2. The van der Waals surface area contributed by atoms with E-state index in [1.807, 2.05) is 12.1 Å². The van der Waals surface area contributed by atoms with Gasteiger partial charge in [-0.1, -0.05) is 36.4 Å². The number of nitrogen functional groups attached to an aromatic ring is 1. The fraction of sp³-hybridized carbons (Fsp3) is 0.357. The maximum Gasteiger partial charge on any atom is 0.123 e. The number of anilines is 1. The largest absolute Gasteiger partial charge is 0.399 e. The van der Waals surface area contributed by atoms with Crippen LogP contribution in [0.4, 0.5) is 14.5 Å². The Morgan fingerprint density at radius 2 is 1.21 bits per heavy atom. The third-order valence-corrected chi connectivity index (χ3v) is 6.42. The molecule has 3 aromatic rings. The molecule has 0 aliphatic carbocycles. The summed E-state index contributed by atoms with van der Waals surface area (Å²) in [6.07, 6.45) is 1.86. The Morgan fingerprint density at radius 1 is 0.706 bits per heavy atom. The summed E-state index contributed by atoms with van der Waals surface area (Å²) in [5.74, 6) is -0.569. The SMILES string of the molecule is Nc1ccc(CCCN2CCN(CCOC(c3ccc(F)cc3)c3ccc(F)cc3)CC2)cc1. The molecule has 4 rings (SSSR count). The third-order valence-electron chi connectivity index (χ3n) is 6.42. The highest BCUT2D eigenvalue weighted by Gasteiger charge is 2.19. The molecule has 1 aliphatic heterocycles. The van der Waals surface area contributed by atoms with Gasteiger partial charge < -0.3 is 15.4 Å². The highest BCUT2D eigenvalue weighted by molar-refractivity contribution is 5.39. The zero-order valence-electron chi connectivity index (χ0n) is 19.5. The van der Waals surface area contributed by atoms with Gasteiger partial charge in [0.15, 0.2) is 0 Å². The van der Waals surface area contributed by atoms with Gasteiger partial charge in [0.05, 0.1) is 6.61 Å². The van der Waals surface area contributed by atoms with Crippen molar-refractivity contribution in [3.8, 4) is 0 Å². The fourth-order valence-corrected chi connectivity index (χ4v) is 4.39. The number of hydrogen-bond acceptors (Lipinski definition) is 4. The molecule has 0 atom stereocenters. The summed E-state index contributed by atoms with van der Waals surface area (Å²) in [5.41, 5.74) is 9.62. The summed E-state index contributed by atoms with van der Waals surface area (Å²) in [5, 5.41) is 0. The second kappa shape index (κ2) is 12.1. The summed E-state index contributed by atoms with van der Waals surface area (Å²) in [4.78, 5) is 4.94. The van der Waals surface area contributed by atoms with Gasteiger partial charge in [0.2, 0.25) is 0 Å². The van der Waals surface area contributed by atoms with Crippen molar-refractivity contribution in [2.24, 2.45) is 0 Å². The van der Waals surface area contributed by atoms with Crippen molar-refractivity contribution in [1.29, 1.82) is 0 Å². The van der Waals surface area contributed by atoms with Crippen molar-refractivity contribution in [3.63, 3.8) is 0 Å². The van der Waals surface area contributed by atoms with E-state index in [2.05, 4.69) is 21.9 Å². The van der Waals surface area contributed by atoms with Crippen LogP contribution in [0.5, 0.6) is 0 Å². The van der Waals surface area contributed by atoms with Gasteiger partial charge in [-0.3, -0.25) is 4.90 Å². The van der Waals surface area contributed by atoms with Crippen molar-refractivity contribution in [3.05, 3.63) is 101 Å². The minimum absolute atomic E-state index is 0.284. The van der Waals surface area contributed by atoms with Crippen LogP contribution in [-0.4, -0.2) is 55.7 Å². The van der Waals surface area contributed by atoms with Crippen molar-refractivity contribution in [1.82, 2.24) is 9.80 Å². The first-order chi connectivity index (χ1) is 16.6. The molecule has 6 heteroatoms. The van der Waals surface area contributed by atoms with Crippen LogP contribution in [0.2, 0.25) is 0 Å². The number of nitrogens with zero attached hydrogens (tertiary/aromatic N) is 2. The molecule has 0 aromatic heterocycles. The lowest BCUT2D eigenvalue weighted by atomic mass is 10.0. The van der Waals surface area contributed by atoms with Gasteiger partial charge in [-0.2, -0.15) is 0 Å². The summed E-state index contributed by atoms with van der Waals surface area (Å²) >= 11 is 0. The minimum atomic E-state index is -0.351. The summed E-state index contributed by atoms with van der Waals surface area (Å²) in [6, 6.07) is 20.8. The molecule has 3 aromatic carbocycles.